The Bertz CT molecular complexity index is 888. The maximum atomic E-state index is 13.6. The lowest BCUT2D eigenvalue weighted by molar-refractivity contribution is -0.140. The van der Waals surface area contributed by atoms with Crippen LogP contribution in [0.2, 0.25) is 0 Å². The van der Waals surface area contributed by atoms with Gasteiger partial charge in [0.15, 0.2) is 0 Å². The molecule has 0 aliphatic carbocycles. The van der Waals surface area contributed by atoms with E-state index in [1.54, 1.807) is 19.0 Å². The highest BCUT2D eigenvalue weighted by Gasteiger charge is 2.36. The van der Waals surface area contributed by atoms with Crippen molar-refractivity contribution in [2.75, 3.05) is 33.7 Å². The lowest BCUT2D eigenvalue weighted by Crippen LogP contribution is -2.49. The maximum absolute atomic E-state index is 13.6. The molecule has 5 nitrogen and oxygen atoms in total. The summed E-state index contributed by atoms with van der Waals surface area (Å²) < 4.78 is 0. The van der Waals surface area contributed by atoms with E-state index in [1.807, 2.05) is 11.0 Å². The molecule has 0 spiro atoms. The van der Waals surface area contributed by atoms with Gasteiger partial charge in [-0.3, -0.25) is 4.79 Å². The third-order valence-corrected chi connectivity index (χ3v) is 6.46. The van der Waals surface area contributed by atoms with E-state index < -0.39 is 0 Å². The van der Waals surface area contributed by atoms with Gasteiger partial charge >= 0.3 is 6.03 Å². The Balaban J connectivity index is 1.52. The fourth-order valence-electron chi connectivity index (χ4n) is 4.81. The molecule has 30 heavy (non-hydrogen) atoms. The number of hydrogen-bond donors (Lipinski definition) is 0. The summed E-state index contributed by atoms with van der Waals surface area (Å²) in [6, 6.07) is 19.1. The highest BCUT2D eigenvalue weighted by molar-refractivity contribution is 5.80. The first kappa shape index (κ1) is 20.5. The fourth-order valence-corrected chi connectivity index (χ4v) is 4.81. The highest BCUT2D eigenvalue weighted by Crippen LogP contribution is 2.35. The van der Waals surface area contributed by atoms with Gasteiger partial charge in [-0.25, -0.2) is 4.79 Å². The van der Waals surface area contributed by atoms with Crippen molar-refractivity contribution in [3.8, 4) is 0 Å². The van der Waals surface area contributed by atoms with E-state index >= 15 is 0 Å². The van der Waals surface area contributed by atoms with E-state index in [9.17, 15) is 9.59 Å². The molecule has 158 valence electrons. The van der Waals surface area contributed by atoms with Gasteiger partial charge in [0, 0.05) is 39.6 Å². The van der Waals surface area contributed by atoms with Gasteiger partial charge in [0.05, 0.1) is 6.04 Å². The fraction of sp³-hybridized carbons (Fsp3) is 0.440. The number of hydrogen-bond acceptors (Lipinski definition) is 2. The maximum Gasteiger partial charge on any atom is 0.319 e. The van der Waals surface area contributed by atoms with Crippen LogP contribution < -0.4 is 0 Å². The second-order valence-corrected chi connectivity index (χ2v) is 8.62. The zero-order valence-corrected chi connectivity index (χ0v) is 18.0. The second-order valence-electron chi connectivity index (χ2n) is 8.62. The van der Waals surface area contributed by atoms with Crippen molar-refractivity contribution in [2.24, 2.45) is 5.92 Å². The molecule has 2 aromatic rings. The van der Waals surface area contributed by atoms with Crippen LogP contribution >= 0.6 is 0 Å². The van der Waals surface area contributed by atoms with Gasteiger partial charge in [0.25, 0.3) is 0 Å². The van der Waals surface area contributed by atoms with Gasteiger partial charge in [-0.05, 0) is 42.4 Å². The molecule has 0 unspecified atom stereocenters. The van der Waals surface area contributed by atoms with E-state index in [4.69, 9.17) is 0 Å². The second kappa shape index (κ2) is 8.90. The van der Waals surface area contributed by atoms with Crippen molar-refractivity contribution in [3.63, 3.8) is 0 Å². The van der Waals surface area contributed by atoms with Gasteiger partial charge in [0.2, 0.25) is 5.91 Å². The SMILES string of the molecule is CN(C)C(=O)N1CCC(C(=O)N2CCc3ccccc3[C@H]2Cc2ccccc2)CC1. The average Bonchev–Trinajstić information content (AvgIpc) is 2.79. The molecule has 0 aromatic heterocycles. The van der Waals surface area contributed by atoms with Crippen LogP contribution in [-0.4, -0.2) is 60.4 Å². The Hall–Kier alpha value is -2.82. The summed E-state index contributed by atoms with van der Waals surface area (Å²) in [6.45, 7) is 2.08. The molecule has 2 heterocycles. The molecular weight excluding hydrogens is 374 g/mol. The van der Waals surface area contributed by atoms with Crippen LogP contribution in [0.25, 0.3) is 0 Å². The predicted octanol–water partition coefficient (Wildman–Crippen LogP) is 3.75. The molecule has 0 radical (unpaired) electrons. The quantitative estimate of drug-likeness (QED) is 0.781. The van der Waals surface area contributed by atoms with Crippen LogP contribution in [0.3, 0.4) is 0 Å². The van der Waals surface area contributed by atoms with Crippen molar-refractivity contribution in [1.82, 2.24) is 14.7 Å². The number of amides is 3. The van der Waals surface area contributed by atoms with Crippen LogP contribution in [0.4, 0.5) is 4.79 Å². The van der Waals surface area contributed by atoms with E-state index in [1.165, 1.54) is 16.7 Å². The highest BCUT2D eigenvalue weighted by atomic mass is 16.2. The molecule has 1 atom stereocenters. The Labute approximate surface area is 179 Å². The third-order valence-electron chi connectivity index (χ3n) is 6.46. The largest absolute Gasteiger partial charge is 0.335 e. The topological polar surface area (TPSA) is 43.9 Å². The summed E-state index contributed by atoms with van der Waals surface area (Å²) in [6.07, 6.45) is 3.23. The number of likely N-dealkylation sites (tertiary alicyclic amines) is 1. The Kier molecular flexibility index (Phi) is 6.07. The Morgan fingerprint density at radius 1 is 0.933 bits per heavy atom. The molecule has 0 N–H and O–H groups in total. The van der Waals surface area contributed by atoms with Crippen molar-refractivity contribution >= 4 is 11.9 Å². The summed E-state index contributed by atoms with van der Waals surface area (Å²) >= 11 is 0. The van der Waals surface area contributed by atoms with E-state index in [-0.39, 0.29) is 23.9 Å². The van der Waals surface area contributed by atoms with Gasteiger partial charge in [-0.1, -0.05) is 54.6 Å². The van der Waals surface area contributed by atoms with Gasteiger partial charge < -0.3 is 14.7 Å². The van der Waals surface area contributed by atoms with Crippen molar-refractivity contribution < 1.29 is 9.59 Å². The zero-order valence-electron chi connectivity index (χ0n) is 18.0. The lowest BCUT2D eigenvalue weighted by atomic mass is 9.86. The first-order chi connectivity index (χ1) is 14.5. The predicted molar refractivity (Wildman–Crippen MR) is 118 cm³/mol. The van der Waals surface area contributed by atoms with E-state index in [2.05, 4.69) is 53.4 Å². The molecule has 0 bridgehead atoms. The van der Waals surface area contributed by atoms with Crippen LogP contribution in [0, 0.1) is 5.92 Å². The van der Waals surface area contributed by atoms with E-state index in [0.29, 0.717) is 13.1 Å². The summed E-state index contributed by atoms with van der Waals surface area (Å²) in [7, 11) is 3.55. The molecule has 4 rings (SSSR count). The Morgan fingerprint density at radius 2 is 1.60 bits per heavy atom. The molecule has 1 saturated heterocycles. The molecule has 5 heteroatoms. The third kappa shape index (κ3) is 4.20. The molecule has 3 amide bonds. The van der Waals surface area contributed by atoms with E-state index in [0.717, 1.165) is 32.2 Å². The number of fused-ring (bicyclic) bond motifs is 1. The number of benzene rings is 2. The van der Waals surface area contributed by atoms with Crippen LogP contribution in [-0.2, 0) is 17.6 Å². The monoisotopic (exact) mass is 405 g/mol. The summed E-state index contributed by atoms with van der Waals surface area (Å²) in [4.78, 5) is 31.4. The molecular formula is C25H31N3O2. The summed E-state index contributed by atoms with van der Waals surface area (Å²) in [5.41, 5.74) is 3.89. The molecule has 2 aliphatic heterocycles. The van der Waals surface area contributed by atoms with Crippen LogP contribution in [0.15, 0.2) is 54.6 Å². The van der Waals surface area contributed by atoms with Gasteiger partial charge in [0.1, 0.15) is 0 Å². The normalized spacial score (nSPS) is 19.3. The Morgan fingerprint density at radius 3 is 2.30 bits per heavy atom. The molecule has 0 saturated carbocycles. The minimum absolute atomic E-state index is 0.000233. The van der Waals surface area contributed by atoms with Gasteiger partial charge in [-0.15, -0.1) is 0 Å². The molecule has 1 fully saturated rings. The first-order valence-corrected chi connectivity index (χ1v) is 10.9. The van der Waals surface area contributed by atoms with Crippen molar-refractivity contribution in [1.29, 1.82) is 0 Å². The molecule has 2 aliphatic rings. The number of rotatable bonds is 3. The number of nitrogens with zero attached hydrogens (tertiary/aromatic N) is 3. The number of carbonyl (C=O) groups is 2. The number of urea groups is 1. The lowest BCUT2D eigenvalue weighted by Gasteiger charge is -2.41. The van der Waals surface area contributed by atoms with Crippen molar-refractivity contribution in [3.05, 3.63) is 71.3 Å². The van der Waals surface area contributed by atoms with Gasteiger partial charge in [-0.2, -0.15) is 0 Å². The summed E-state index contributed by atoms with van der Waals surface area (Å²) in [5.74, 6) is 0.252. The van der Waals surface area contributed by atoms with Crippen LogP contribution in [0.1, 0.15) is 35.6 Å². The van der Waals surface area contributed by atoms with Crippen molar-refractivity contribution in [2.45, 2.75) is 31.7 Å². The smallest absolute Gasteiger partial charge is 0.319 e. The average molecular weight is 406 g/mol. The minimum atomic E-state index is -0.000233. The molecule has 2 aromatic carbocycles. The first-order valence-electron chi connectivity index (χ1n) is 10.9. The van der Waals surface area contributed by atoms with Crippen LogP contribution in [0.5, 0.6) is 0 Å². The zero-order chi connectivity index (χ0) is 21.1. The summed E-state index contributed by atoms with van der Waals surface area (Å²) in [5, 5.41) is 0. The minimum Gasteiger partial charge on any atom is -0.335 e. The number of piperidine rings is 1. The standard InChI is InChI=1S/C25H31N3O2/c1-26(2)25(30)27-15-12-21(13-16-27)24(29)28-17-14-20-10-6-7-11-22(20)23(28)18-19-8-4-3-5-9-19/h3-11,21,23H,12-18H2,1-2H3/t23-/m1/s1. The number of carbonyl (C=O) groups excluding carboxylic acids is 2.